The quantitative estimate of drug-likeness (QED) is 0.624. The standard InChI is InChI=1S/C19H18N2O5S/c1-3-12(19(25)26)20-17(23)15-16(22)11-9-10(14-5-4-8-27-14)6-7-13(11)21(2)18(15)24/h4-9,12,22H,3H2,1-2H3,(H,20,23)(H,25,26). The van der Waals surface area contributed by atoms with Gasteiger partial charge in [0.05, 0.1) is 5.52 Å². The van der Waals surface area contributed by atoms with Gasteiger partial charge in [-0.15, -0.1) is 11.3 Å². The summed E-state index contributed by atoms with van der Waals surface area (Å²) in [7, 11) is 1.50. The van der Waals surface area contributed by atoms with E-state index in [-0.39, 0.29) is 6.42 Å². The number of aliphatic carboxylic acids is 1. The van der Waals surface area contributed by atoms with Crippen molar-refractivity contribution < 1.29 is 19.8 Å². The molecule has 0 saturated heterocycles. The van der Waals surface area contributed by atoms with Crippen molar-refractivity contribution in [3.63, 3.8) is 0 Å². The van der Waals surface area contributed by atoms with Crippen molar-refractivity contribution in [2.24, 2.45) is 7.05 Å². The van der Waals surface area contributed by atoms with E-state index in [0.29, 0.717) is 10.9 Å². The molecular formula is C19H18N2O5S. The Labute approximate surface area is 158 Å². The Hall–Kier alpha value is -3.13. The van der Waals surface area contributed by atoms with Gasteiger partial charge >= 0.3 is 5.97 Å². The molecule has 1 unspecified atom stereocenters. The van der Waals surface area contributed by atoms with Crippen LogP contribution >= 0.6 is 11.3 Å². The number of carbonyl (C=O) groups excluding carboxylic acids is 1. The van der Waals surface area contributed by atoms with Crippen LogP contribution in [0.4, 0.5) is 0 Å². The van der Waals surface area contributed by atoms with E-state index in [1.165, 1.54) is 23.0 Å². The highest BCUT2D eigenvalue weighted by atomic mass is 32.1. The fourth-order valence-electron chi connectivity index (χ4n) is 2.90. The molecule has 8 heteroatoms. The van der Waals surface area contributed by atoms with Crippen molar-refractivity contribution >= 4 is 34.1 Å². The van der Waals surface area contributed by atoms with Gasteiger partial charge in [-0.2, -0.15) is 0 Å². The normalized spacial score (nSPS) is 12.1. The monoisotopic (exact) mass is 386 g/mol. The van der Waals surface area contributed by atoms with Crippen molar-refractivity contribution in [2.45, 2.75) is 19.4 Å². The molecule has 0 spiro atoms. The van der Waals surface area contributed by atoms with E-state index in [2.05, 4.69) is 5.32 Å². The van der Waals surface area contributed by atoms with Crippen molar-refractivity contribution in [2.75, 3.05) is 0 Å². The number of benzene rings is 1. The molecule has 0 aliphatic carbocycles. The summed E-state index contributed by atoms with van der Waals surface area (Å²) >= 11 is 1.53. The van der Waals surface area contributed by atoms with Crippen LogP contribution in [0, 0.1) is 0 Å². The number of pyridine rings is 1. The second kappa shape index (κ2) is 7.24. The number of thiophene rings is 1. The molecule has 1 atom stereocenters. The lowest BCUT2D eigenvalue weighted by Crippen LogP contribution is -2.42. The maximum absolute atomic E-state index is 12.6. The first-order valence-electron chi connectivity index (χ1n) is 8.28. The molecule has 2 heterocycles. The highest BCUT2D eigenvalue weighted by molar-refractivity contribution is 7.13. The fraction of sp³-hybridized carbons (Fsp3) is 0.211. The SMILES string of the molecule is CCC(NC(=O)c1c(O)c2cc(-c3cccs3)ccc2n(C)c1=O)C(=O)O. The Morgan fingerprint density at radius 3 is 2.63 bits per heavy atom. The minimum atomic E-state index is -1.21. The van der Waals surface area contributed by atoms with Gasteiger partial charge in [-0.3, -0.25) is 9.59 Å². The average molecular weight is 386 g/mol. The Morgan fingerprint density at radius 2 is 2.04 bits per heavy atom. The zero-order valence-electron chi connectivity index (χ0n) is 14.7. The number of amides is 1. The lowest BCUT2D eigenvalue weighted by molar-refractivity contribution is -0.139. The molecular weight excluding hydrogens is 368 g/mol. The summed E-state index contributed by atoms with van der Waals surface area (Å²) in [4.78, 5) is 37.3. The van der Waals surface area contributed by atoms with E-state index in [0.717, 1.165) is 10.4 Å². The van der Waals surface area contributed by atoms with Gasteiger partial charge < -0.3 is 20.1 Å². The van der Waals surface area contributed by atoms with Gasteiger partial charge in [0.25, 0.3) is 11.5 Å². The molecule has 7 nitrogen and oxygen atoms in total. The molecule has 0 fully saturated rings. The van der Waals surface area contributed by atoms with Crippen molar-refractivity contribution in [3.8, 4) is 16.2 Å². The highest BCUT2D eigenvalue weighted by Crippen LogP contribution is 2.32. The van der Waals surface area contributed by atoms with E-state index in [4.69, 9.17) is 5.11 Å². The largest absolute Gasteiger partial charge is 0.506 e. The zero-order valence-corrected chi connectivity index (χ0v) is 15.5. The Kier molecular flexibility index (Phi) is 5.00. The summed E-state index contributed by atoms with van der Waals surface area (Å²) < 4.78 is 1.27. The second-order valence-corrected chi connectivity index (χ2v) is 7.02. The molecule has 0 aliphatic rings. The third kappa shape index (κ3) is 3.31. The Balaban J connectivity index is 2.17. The summed E-state index contributed by atoms with van der Waals surface area (Å²) in [6.45, 7) is 1.60. The summed E-state index contributed by atoms with van der Waals surface area (Å²) in [6.07, 6.45) is 0.151. The lowest BCUT2D eigenvalue weighted by atomic mass is 10.1. The average Bonchev–Trinajstić information content (AvgIpc) is 3.18. The predicted octanol–water partition coefficient (Wildman–Crippen LogP) is 2.57. The first-order chi connectivity index (χ1) is 12.8. The third-order valence-corrected chi connectivity index (χ3v) is 5.33. The summed E-state index contributed by atoms with van der Waals surface area (Å²) in [5.41, 5.74) is 0.157. The van der Waals surface area contributed by atoms with E-state index >= 15 is 0 Å². The molecule has 3 aromatic rings. The smallest absolute Gasteiger partial charge is 0.326 e. The van der Waals surface area contributed by atoms with Crippen LogP contribution in [0.15, 0.2) is 40.5 Å². The molecule has 27 heavy (non-hydrogen) atoms. The van der Waals surface area contributed by atoms with Crippen LogP contribution in [0.25, 0.3) is 21.3 Å². The molecule has 140 valence electrons. The second-order valence-electron chi connectivity index (χ2n) is 6.07. The minimum Gasteiger partial charge on any atom is -0.506 e. The number of hydrogen-bond donors (Lipinski definition) is 3. The molecule has 0 bridgehead atoms. The van der Waals surface area contributed by atoms with Crippen LogP contribution in [-0.4, -0.2) is 32.7 Å². The highest BCUT2D eigenvalue weighted by Gasteiger charge is 2.25. The van der Waals surface area contributed by atoms with Crippen LogP contribution in [0.2, 0.25) is 0 Å². The van der Waals surface area contributed by atoms with Gasteiger partial charge in [0.1, 0.15) is 17.4 Å². The molecule has 0 aliphatic heterocycles. The van der Waals surface area contributed by atoms with E-state index < -0.39 is 34.8 Å². The van der Waals surface area contributed by atoms with Gasteiger partial charge in [-0.25, -0.2) is 4.79 Å². The molecule has 0 radical (unpaired) electrons. The summed E-state index contributed by atoms with van der Waals surface area (Å²) in [6, 6.07) is 7.94. The van der Waals surface area contributed by atoms with Gasteiger partial charge in [0.2, 0.25) is 0 Å². The zero-order chi connectivity index (χ0) is 19.7. The van der Waals surface area contributed by atoms with Crippen LogP contribution in [0.3, 0.4) is 0 Å². The molecule has 1 amide bonds. The number of aromatic hydroxyl groups is 1. The van der Waals surface area contributed by atoms with Crippen molar-refractivity contribution in [1.29, 1.82) is 0 Å². The van der Waals surface area contributed by atoms with Crippen molar-refractivity contribution in [1.82, 2.24) is 9.88 Å². The van der Waals surface area contributed by atoms with E-state index in [1.54, 1.807) is 19.1 Å². The van der Waals surface area contributed by atoms with Crippen LogP contribution in [-0.2, 0) is 11.8 Å². The maximum Gasteiger partial charge on any atom is 0.326 e. The minimum absolute atomic E-state index is 0.151. The Morgan fingerprint density at radius 1 is 1.30 bits per heavy atom. The molecule has 3 rings (SSSR count). The third-order valence-electron chi connectivity index (χ3n) is 4.41. The van der Waals surface area contributed by atoms with Crippen molar-refractivity contribution in [3.05, 3.63) is 51.6 Å². The molecule has 0 saturated carbocycles. The fourth-order valence-corrected chi connectivity index (χ4v) is 3.62. The predicted molar refractivity (Wildman–Crippen MR) is 103 cm³/mol. The number of carboxylic acid groups (broad SMARTS) is 1. The number of nitrogens with zero attached hydrogens (tertiary/aromatic N) is 1. The molecule has 3 N–H and O–H groups in total. The van der Waals surface area contributed by atoms with Gasteiger partial charge in [0, 0.05) is 17.3 Å². The number of carboxylic acids is 1. The van der Waals surface area contributed by atoms with Crippen LogP contribution in [0.5, 0.6) is 5.75 Å². The maximum atomic E-state index is 12.6. The number of rotatable bonds is 5. The number of hydrogen-bond acceptors (Lipinski definition) is 5. The molecule has 2 aromatic heterocycles. The van der Waals surface area contributed by atoms with Crippen LogP contribution in [0.1, 0.15) is 23.7 Å². The number of carbonyl (C=O) groups is 2. The van der Waals surface area contributed by atoms with Gasteiger partial charge in [0.15, 0.2) is 0 Å². The molecule has 1 aromatic carbocycles. The number of aryl methyl sites for hydroxylation is 1. The number of aromatic nitrogens is 1. The van der Waals surface area contributed by atoms with Crippen LogP contribution < -0.4 is 10.9 Å². The first kappa shape index (κ1) is 18.7. The first-order valence-corrected chi connectivity index (χ1v) is 9.16. The van der Waals surface area contributed by atoms with E-state index in [1.807, 2.05) is 23.6 Å². The number of fused-ring (bicyclic) bond motifs is 1. The summed E-state index contributed by atoms with van der Waals surface area (Å²) in [5, 5.41) is 24.3. The topological polar surface area (TPSA) is 109 Å². The Bertz CT molecular complexity index is 1090. The number of nitrogens with one attached hydrogen (secondary N) is 1. The lowest BCUT2D eigenvalue weighted by Gasteiger charge is -2.15. The summed E-state index contributed by atoms with van der Waals surface area (Å²) in [5.74, 6) is -2.57. The van der Waals surface area contributed by atoms with E-state index in [9.17, 15) is 19.5 Å². The van der Waals surface area contributed by atoms with Gasteiger partial charge in [-0.05, 0) is 35.6 Å². The van der Waals surface area contributed by atoms with Gasteiger partial charge in [-0.1, -0.05) is 19.1 Å².